The average Bonchev–Trinajstić information content (AvgIpc) is 3.39. The van der Waals surface area contributed by atoms with Gasteiger partial charge in [0.05, 0.1) is 18.1 Å². The van der Waals surface area contributed by atoms with Crippen molar-refractivity contribution >= 4 is 0 Å². The van der Waals surface area contributed by atoms with Crippen molar-refractivity contribution < 1.29 is 5.11 Å². The fourth-order valence-corrected chi connectivity index (χ4v) is 4.79. The summed E-state index contributed by atoms with van der Waals surface area (Å²) in [6.07, 6.45) is 4.86. The summed E-state index contributed by atoms with van der Waals surface area (Å²) in [5, 5.41) is 10.6. The van der Waals surface area contributed by atoms with Gasteiger partial charge < -0.3 is 9.67 Å². The molecule has 0 aliphatic carbocycles. The smallest absolute Gasteiger partial charge is 0.121 e. The van der Waals surface area contributed by atoms with Gasteiger partial charge in [0, 0.05) is 6.20 Å². The Morgan fingerprint density at radius 1 is 0.647 bits per heavy atom. The van der Waals surface area contributed by atoms with Crippen molar-refractivity contribution in [3.8, 4) is 0 Å². The molecule has 168 valence electrons. The van der Waals surface area contributed by atoms with Crippen LogP contribution in [0.2, 0.25) is 0 Å². The summed E-state index contributed by atoms with van der Waals surface area (Å²) in [4.78, 5) is 4.78. The molecule has 0 aliphatic rings. The Hall–Kier alpha value is -3.95. The quantitative estimate of drug-likeness (QED) is 0.282. The van der Waals surface area contributed by atoms with Crippen LogP contribution in [0.4, 0.5) is 0 Å². The SMILES string of the molecule is OC(CCc1cn(C(c2ccccc2)(c2ccccc2)c2ccccc2)cn1)c1ccccc1. The number of hydrogen-bond donors (Lipinski definition) is 1. The summed E-state index contributed by atoms with van der Waals surface area (Å²) in [6.45, 7) is 0. The highest BCUT2D eigenvalue weighted by Crippen LogP contribution is 2.40. The minimum absolute atomic E-state index is 0.506. The first-order chi connectivity index (χ1) is 16.8. The maximum atomic E-state index is 10.6. The Labute approximate surface area is 201 Å². The molecule has 3 heteroatoms. The predicted octanol–water partition coefficient (Wildman–Crippen LogP) is 6.39. The molecule has 0 saturated carbocycles. The second-order valence-electron chi connectivity index (χ2n) is 8.55. The van der Waals surface area contributed by atoms with E-state index >= 15 is 0 Å². The van der Waals surface area contributed by atoms with Crippen LogP contribution in [0.5, 0.6) is 0 Å². The second-order valence-corrected chi connectivity index (χ2v) is 8.55. The lowest BCUT2D eigenvalue weighted by molar-refractivity contribution is 0.167. The zero-order chi connectivity index (χ0) is 23.2. The van der Waals surface area contributed by atoms with Crippen molar-refractivity contribution in [3.05, 3.63) is 162 Å². The zero-order valence-electron chi connectivity index (χ0n) is 19.0. The van der Waals surface area contributed by atoms with Gasteiger partial charge in [-0.25, -0.2) is 4.98 Å². The average molecular weight is 445 g/mol. The molecule has 5 aromatic rings. The summed E-state index contributed by atoms with van der Waals surface area (Å²) in [6, 6.07) is 41.6. The summed E-state index contributed by atoms with van der Waals surface area (Å²) in [7, 11) is 0. The van der Waals surface area contributed by atoms with E-state index in [-0.39, 0.29) is 0 Å². The molecule has 3 nitrogen and oxygen atoms in total. The number of nitrogens with zero attached hydrogens (tertiary/aromatic N) is 2. The second kappa shape index (κ2) is 9.90. The van der Waals surface area contributed by atoms with Crippen molar-refractivity contribution in [1.82, 2.24) is 9.55 Å². The van der Waals surface area contributed by atoms with Crippen LogP contribution in [0.15, 0.2) is 134 Å². The van der Waals surface area contributed by atoms with Crippen LogP contribution >= 0.6 is 0 Å². The van der Waals surface area contributed by atoms with E-state index in [1.165, 1.54) is 16.7 Å². The van der Waals surface area contributed by atoms with Gasteiger partial charge in [0.1, 0.15) is 5.54 Å². The van der Waals surface area contributed by atoms with Gasteiger partial charge in [-0.1, -0.05) is 121 Å². The van der Waals surface area contributed by atoms with E-state index in [4.69, 9.17) is 4.98 Å². The lowest BCUT2D eigenvalue weighted by Crippen LogP contribution is -2.36. The molecular weight excluding hydrogens is 416 g/mol. The molecule has 1 atom stereocenters. The van der Waals surface area contributed by atoms with Gasteiger partial charge in [-0.3, -0.25) is 0 Å². The molecule has 0 bridgehead atoms. The third-order valence-electron chi connectivity index (χ3n) is 6.46. The number of rotatable bonds is 8. The fraction of sp³-hybridized carbons (Fsp3) is 0.129. The van der Waals surface area contributed by atoms with E-state index in [2.05, 4.69) is 102 Å². The lowest BCUT2D eigenvalue weighted by Gasteiger charge is -2.37. The van der Waals surface area contributed by atoms with Crippen molar-refractivity contribution in [2.24, 2.45) is 0 Å². The number of aromatic nitrogens is 2. The standard InChI is InChI=1S/C31H28N2O/c34-30(25-13-5-1-6-14-25)22-21-29-23-33(24-32-29)31(26-15-7-2-8-16-26,27-17-9-3-10-18-27)28-19-11-4-12-20-28/h1-20,23-24,30,34H,21-22H2. The molecule has 0 aliphatic heterocycles. The Kier molecular flexibility index (Phi) is 6.37. The maximum absolute atomic E-state index is 10.6. The highest BCUT2D eigenvalue weighted by molar-refractivity contribution is 5.50. The van der Waals surface area contributed by atoms with E-state index in [1.807, 2.05) is 36.7 Å². The molecule has 0 fully saturated rings. The first-order valence-corrected chi connectivity index (χ1v) is 11.7. The van der Waals surface area contributed by atoms with Gasteiger partial charge >= 0.3 is 0 Å². The first-order valence-electron chi connectivity index (χ1n) is 11.7. The summed E-state index contributed by atoms with van der Waals surface area (Å²) in [5.41, 5.74) is 4.84. The van der Waals surface area contributed by atoms with E-state index in [0.29, 0.717) is 12.8 Å². The topological polar surface area (TPSA) is 38.0 Å². The van der Waals surface area contributed by atoms with Crippen LogP contribution in [0.1, 0.15) is 40.5 Å². The van der Waals surface area contributed by atoms with E-state index in [1.54, 1.807) is 0 Å². The fourth-order valence-electron chi connectivity index (χ4n) is 4.79. The van der Waals surface area contributed by atoms with Gasteiger partial charge in [0.15, 0.2) is 0 Å². The highest BCUT2D eigenvalue weighted by atomic mass is 16.3. The monoisotopic (exact) mass is 444 g/mol. The van der Waals surface area contributed by atoms with Crippen molar-refractivity contribution in [2.75, 3.05) is 0 Å². The van der Waals surface area contributed by atoms with Crippen LogP contribution in [0, 0.1) is 0 Å². The minimum Gasteiger partial charge on any atom is -0.388 e. The molecule has 0 amide bonds. The molecular formula is C31H28N2O. The Balaban J connectivity index is 1.58. The number of aliphatic hydroxyl groups excluding tert-OH is 1. The number of aliphatic hydroxyl groups is 1. The van der Waals surface area contributed by atoms with E-state index in [9.17, 15) is 5.11 Å². The number of aryl methyl sites for hydroxylation is 1. The normalized spacial score (nSPS) is 12.4. The first kappa shape index (κ1) is 21.9. The third kappa shape index (κ3) is 4.18. The highest BCUT2D eigenvalue weighted by Gasteiger charge is 2.38. The molecule has 0 spiro atoms. The largest absolute Gasteiger partial charge is 0.388 e. The number of benzene rings is 4. The van der Waals surface area contributed by atoms with Gasteiger partial charge in [0.25, 0.3) is 0 Å². The molecule has 4 aromatic carbocycles. The lowest BCUT2D eigenvalue weighted by atomic mass is 9.77. The molecule has 0 saturated heterocycles. The maximum Gasteiger partial charge on any atom is 0.121 e. The molecule has 34 heavy (non-hydrogen) atoms. The number of hydrogen-bond acceptors (Lipinski definition) is 2. The summed E-state index contributed by atoms with van der Waals surface area (Å²) < 4.78 is 2.22. The van der Waals surface area contributed by atoms with E-state index in [0.717, 1.165) is 11.3 Å². The number of imidazole rings is 1. The zero-order valence-corrected chi connectivity index (χ0v) is 19.0. The van der Waals surface area contributed by atoms with Crippen molar-refractivity contribution in [3.63, 3.8) is 0 Å². The minimum atomic E-state index is -0.562. The molecule has 5 rings (SSSR count). The van der Waals surface area contributed by atoms with Gasteiger partial charge in [-0.15, -0.1) is 0 Å². The van der Waals surface area contributed by atoms with Crippen LogP contribution in [-0.2, 0) is 12.0 Å². The molecule has 1 unspecified atom stereocenters. The Bertz CT molecular complexity index is 1200. The summed E-state index contributed by atoms with van der Waals surface area (Å²) >= 11 is 0. The molecule has 1 N–H and O–H groups in total. The van der Waals surface area contributed by atoms with Crippen LogP contribution in [0.25, 0.3) is 0 Å². The van der Waals surface area contributed by atoms with Crippen molar-refractivity contribution in [2.45, 2.75) is 24.5 Å². The molecule has 1 aromatic heterocycles. The van der Waals surface area contributed by atoms with Crippen LogP contribution < -0.4 is 0 Å². The van der Waals surface area contributed by atoms with Gasteiger partial charge in [0.2, 0.25) is 0 Å². The van der Waals surface area contributed by atoms with Crippen molar-refractivity contribution in [1.29, 1.82) is 0 Å². The van der Waals surface area contributed by atoms with Gasteiger partial charge in [-0.2, -0.15) is 0 Å². The van der Waals surface area contributed by atoms with Crippen LogP contribution in [-0.4, -0.2) is 14.7 Å². The Morgan fingerprint density at radius 3 is 1.56 bits per heavy atom. The third-order valence-corrected chi connectivity index (χ3v) is 6.46. The van der Waals surface area contributed by atoms with E-state index < -0.39 is 11.6 Å². The predicted molar refractivity (Wildman–Crippen MR) is 137 cm³/mol. The summed E-state index contributed by atoms with van der Waals surface area (Å²) in [5.74, 6) is 0. The molecule has 1 heterocycles. The Morgan fingerprint density at radius 2 is 1.09 bits per heavy atom. The molecule has 0 radical (unpaired) electrons. The van der Waals surface area contributed by atoms with Crippen LogP contribution in [0.3, 0.4) is 0 Å². The van der Waals surface area contributed by atoms with Gasteiger partial charge in [-0.05, 0) is 35.1 Å².